The maximum absolute atomic E-state index is 12.5. The summed E-state index contributed by atoms with van der Waals surface area (Å²) in [4.78, 5) is 14.5. The van der Waals surface area contributed by atoms with E-state index in [0.717, 1.165) is 26.1 Å². The zero-order valence-electron chi connectivity index (χ0n) is 12.9. The summed E-state index contributed by atoms with van der Waals surface area (Å²) in [6, 6.07) is 8.33. The van der Waals surface area contributed by atoms with Crippen molar-refractivity contribution in [3.8, 4) is 0 Å². The Labute approximate surface area is 122 Å². The summed E-state index contributed by atoms with van der Waals surface area (Å²) in [6.07, 6.45) is 1.74. The molecule has 1 amide bonds. The van der Waals surface area contributed by atoms with Gasteiger partial charge in [-0.2, -0.15) is 0 Å². The highest BCUT2D eigenvalue weighted by Gasteiger charge is 2.26. The van der Waals surface area contributed by atoms with Gasteiger partial charge in [0, 0.05) is 37.7 Å². The largest absolute Gasteiger partial charge is 0.384 e. The van der Waals surface area contributed by atoms with E-state index in [-0.39, 0.29) is 5.91 Å². The predicted octanol–water partition coefficient (Wildman–Crippen LogP) is 3.48. The molecule has 1 heterocycles. The second kappa shape index (κ2) is 6.78. The number of hydrogen-bond acceptors (Lipinski definition) is 2. The van der Waals surface area contributed by atoms with Gasteiger partial charge in [-0.25, -0.2) is 0 Å². The molecular formula is C17H26N2O. The normalized spacial score (nSPS) is 18.2. The molecule has 0 aliphatic carbocycles. The van der Waals surface area contributed by atoms with Gasteiger partial charge in [0.15, 0.2) is 0 Å². The molecule has 1 N–H and O–H groups in total. The number of hydrogen-bond donors (Lipinski definition) is 1. The number of amides is 1. The summed E-state index contributed by atoms with van der Waals surface area (Å²) in [5.41, 5.74) is 2.48. The van der Waals surface area contributed by atoms with Gasteiger partial charge in [0.1, 0.15) is 0 Å². The minimum absolute atomic E-state index is 0.288. The summed E-state index contributed by atoms with van der Waals surface area (Å²) in [5, 5.41) is 3.39. The Morgan fingerprint density at radius 3 is 2.85 bits per heavy atom. The molecule has 0 saturated heterocycles. The lowest BCUT2D eigenvalue weighted by atomic mass is 9.97. The van der Waals surface area contributed by atoms with Crippen molar-refractivity contribution in [1.82, 2.24) is 4.90 Å². The smallest absolute Gasteiger partial charge is 0.223 e. The van der Waals surface area contributed by atoms with E-state index >= 15 is 0 Å². The number of para-hydroxylation sites is 1. The van der Waals surface area contributed by atoms with Crippen LogP contribution in [0.2, 0.25) is 0 Å². The molecule has 3 nitrogen and oxygen atoms in total. The van der Waals surface area contributed by atoms with Crippen molar-refractivity contribution in [1.29, 1.82) is 0 Å². The van der Waals surface area contributed by atoms with Crippen LogP contribution in [0.3, 0.4) is 0 Å². The zero-order valence-corrected chi connectivity index (χ0v) is 12.9. The van der Waals surface area contributed by atoms with Gasteiger partial charge in [-0.15, -0.1) is 0 Å². The van der Waals surface area contributed by atoms with Crippen LogP contribution in [0.4, 0.5) is 5.69 Å². The van der Waals surface area contributed by atoms with Crippen LogP contribution < -0.4 is 5.32 Å². The number of benzene rings is 1. The first-order valence-electron chi connectivity index (χ1n) is 7.76. The lowest BCUT2D eigenvalue weighted by Gasteiger charge is -2.25. The lowest BCUT2D eigenvalue weighted by Crippen LogP contribution is -2.35. The Hall–Kier alpha value is -1.51. The minimum atomic E-state index is 0.288. The van der Waals surface area contributed by atoms with Crippen LogP contribution in [0.5, 0.6) is 0 Å². The number of nitrogens with one attached hydrogen (secondary N) is 1. The zero-order chi connectivity index (χ0) is 14.5. The van der Waals surface area contributed by atoms with E-state index in [1.807, 2.05) is 11.0 Å². The molecule has 0 fully saturated rings. The van der Waals surface area contributed by atoms with E-state index < -0.39 is 0 Å². The highest BCUT2D eigenvalue weighted by Crippen LogP contribution is 2.33. The molecule has 1 aliphatic heterocycles. The molecule has 2 atom stereocenters. The van der Waals surface area contributed by atoms with Gasteiger partial charge in [-0.3, -0.25) is 4.79 Å². The first-order chi connectivity index (χ1) is 9.65. The predicted molar refractivity (Wildman–Crippen MR) is 84.0 cm³/mol. The summed E-state index contributed by atoms with van der Waals surface area (Å²) in [7, 11) is 0. The maximum atomic E-state index is 12.5. The van der Waals surface area contributed by atoms with E-state index in [4.69, 9.17) is 0 Å². The topological polar surface area (TPSA) is 32.3 Å². The van der Waals surface area contributed by atoms with Gasteiger partial charge in [0.25, 0.3) is 0 Å². The lowest BCUT2D eigenvalue weighted by molar-refractivity contribution is -0.131. The van der Waals surface area contributed by atoms with Crippen molar-refractivity contribution in [3.63, 3.8) is 0 Å². The Balaban J connectivity index is 1.98. The average molecular weight is 274 g/mol. The first kappa shape index (κ1) is 14.9. The van der Waals surface area contributed by atoms with Gasteiger partial charge < -0.3 is 10.2 Å². The fourth-order valence-electron chi connectivity index (χ4n) is 2.79. The van der Waals surface area contributed by atoms with E-state index in [9.17, 15) is 4.79 Å². The van der Waals surface area contributed by atoms with Crippen LogP contribution in [-0.4, -0.2) is 30.4 Å². The summed E-state index contributed by atoms with van der Waals surface area (Å²) in [5.74, 6) is 1.19. The highest BCUT2D eigenvalue weighted by molar-refractivity contribution is 5.78. The van der Waals surface area contributed by atoms with E-state index in [1.165, 1.54) is 11.3 Å². The molecule has 0 spiro atoms. The molecule has 2 unspecified atom stereocenters. The molecule has 20 heavy (non-hydrogen) atoms. The van der Waals surface area contributed by atoms with Crippen molar-refractivity contribution in [2.45, 2.75) is 39.5 Å². The van der Waals surface area contributed by atoms with Crippen molar-refractivity contribution in [3.05, 3.63) is 29.8 Å². The Morgan fingerprint density at radius 1 is 1.40 bits per heavy atom. The monoisotopic (exact) mass is 274 g/mol. The Bertz CT molecular complexity index is 458. The second-order valence-electron chi connectivity index (χ2n) is 5.81. The van der Waals surface area contributed by atoms with Gasteiger partial charge in [0.05, 0.1) is 0 Å². The quantitative estimate of drug-likeness (QED) is 0.861. The van der Waals surface area contributed by atoms with Crippen molar-refractivity contribution < 1.29 is 4.79 Å². The highest BCUT2D eigenvalue weighted by atomic mass is 16.2. The van der Waals surface area contributed by atoms with Crippen LogP contribution in [0.15, 0.2) is 24.3 Å². The maximum Gasteiger partial charge on any atom is 0.223 e. The van der Waals surface area contributed by atoms with E-state index in [0.29, 0.717) is 18.3 Å². The fourth-order valence-corrected chi connectivity index (χ4v) is 2.79. The van der Waals surface area contributed by atoms with Crippen LogP contribution in [0.25, 0.3) is 0 Å². The van der Waals surface area contributed by atoms with Gasteiger partial charge in [-0.05, 0) is 24.5 Å². The number of nitrogens with zero attached hydrogens (tertiary/aromatic N) is 1. The SMILES string of the molecule is CCC(C)CN(CC)C(=O)CC1CNc2ccccc21. The molecule has 0 aromatic heterocycles. The number of carbonyl (C=O) groups is 1. The minimum Gasteiger partial charge on any atom is -0.384 e. The third-order valence-electron chi connectivity index (χ3n) is 4.32. The van der Waals surface area contributed by atoms with Gasteiger partial charge >= 0.3 is 0 Å². The molecule has 3 heteroatoms. The Morgan fingerprint density at radius 2 is 2.15 bits per heavy atom. The average Bonchev–Trinajstić information content (AvgIpc) is 2.87. The van der Waals surface area contributed by atoms with E-state index in [2.05, 4.69) is 44.3 Å². The van der Waals surface area contributed by atoms with Crippen LogP contribution in [0, 0.1) is 5.92 Å². The third kappa shape index (κ3) is 3.33. The number of fused-ring (bicyclic) bond motifs is 1. The third-order valence-corrected chi connectivity index (χ3v) is 4.32. The van der Waals surface area contributed by atoms with Gasteiger partial charge in [0.2, 0.25) is 5.91 Å². The van der Waals surface area contributed by atoms with Crippen LogP contribution >= 0.6 is 0 Å². The molecule has 1 aliphatic rings. The van der Waals surface area contributed by atoms with Crippen molar-refractivity contribution in [2.75, 3.05) is 25.0 Å². The number of anilines is 1. The molecule has 1 aromatic carbocycles. The summed E-state index contributed by atoms with van der Waals surface area (Å²) < 4.78 is 0. The number of rotatable bonds is 6. The molecule has 0 bridgehead atoms. The molecular weight excluding hydrogens is 248 g/mol. The van der Waals surface area contributed by atoms with Crippen LogP contribution in [-0.2, 0) is 4.79 Å². The van der Waals surface area contributed by atoms with Crippen LogP contribution in [0.1, 0.15) is 45.1 Å². The molecule has 0 saturated carbocycles. The van der Waals surface area contributed by atoms with Gasteiger partial charge in [-0.1, -0.05) is 38.5 Å². The molecule has 2 rings (SSSR count). The molecule has 0 radical (unpaired) electrons. The van der Waals surface area contributed by atoms with Crippen molar-refractivity contribution >= 4 is 11.6 Å². The molecule has 110 valence electrons. The first-order valence-corrected chi connectivity index (χ1v) is 7.76. The van der Waals surface area contributed by atoms with Crippen molar-refractivity contribution in [2.24, 2.45) is 5.92 Å². The second-order valence-corrected chi connectivity index (χ2v) is 5.81. The Kier molecular flexibility index (Phi) is 5.05. The summed E-state index contributed by atoms with van der Waals surface area (Å²) >= 11 is 0. The van der Waals surface area contributed by atoms with E-state index in [1.54, 1.807) is 0 Å². The summed E-state index contributed by atoms with van der Waals surface area (Å²) in [6.45, 7) is 9.04. The number of carbonyl (C=O) groups excluding carboxylic acids is 1. The molecule has 1 aromatic rings. The fraction of sp³-hybridized carbons (Fsp3) is 0.588. The standard InChI is InChI=1S/C17H26N2O/c1-4-13(3)12-19(5-2)17(20)10-14-11-18-16-9-7-6-8-15(14)16/h6-9,13-14,18H,4-5,10-12H2,1-3H3.